The van der Waals surface area contributed by atoms with Crippen molar-refractivity contribution in [2.45, 2.75) is 78.5 Å². The van der Waals surface area contributed by atoms with Crippen molar-refractivity contribution in [3.63, 3.8) is 0 Å². The summed E-state index contributed by atoms with van der Waals surface area (Å²) < 4.78 is 150. The first kappa shape index (κ1) is 28.5. The quantitative estimate of drug-likeness (QED) is 0.0598. The first-order valence-corrected chi connectivity index (χ1v) is 18.5. The zero-order valence-electron chi connectivity index (χ0n) is 46.1. The number of hydrogen-bond acceptors (Lipinski definition) is 11. The second kappa shape index (κ2) is 21.0. The highest BCUT2D eigenvalue weighted by molar-refractivity contribution is 7.46. The maximum absolute atomic E-state index is 14.8. The number of phosphoric ester groups is 1. The van der Waals surface area contributed by atoms with E-state index in [1.807, 2.05) is 0 Å². The van der Waals surface area contributed by atoms with Crippen molar-refractivity contribution in [3.8, 4) is 11.3 Å². The van der Waals surface area contributed by atoms with Gasteiger partial charge in [-0.15, -0.1) is 0 Å². The van der Waals surface area contributed by atoms with Gasteiger partial charge in [-0.25, -0.2) is 19.2 Å². The van der Waals surface area contributed by atoms with Crippen LogP contribution >= 0.6 is 7.82 Å². The Balaban J connectivity index is 2.34. The number of aromatic nitrogens is 1. The molecule has 3 aromatic rings. The molecule has 0 fully saturated rings. The van der Waals surface area contributed by atoms with Gasteiger partial charge in [0.1, 0.15) is 12.1 Å². The Morgan fingerprint density at radius 3 is 1.96 bits per heavy atom. The number of alkyl carbamates (subject to hydrolysis) is 2. The number of ether oxygens (including phenoxy) is 3. The molecule has 0 aliphatic heterocycles. The van der Waals surface area contributed by atoms with E-state index in [1.54, 1.807) is 60.0 Å². The number of hydrazine groups is 1. The van der Waals surface area contributed by atoms with Crippen molar-refractivity contribution in [1.29, 1.82) is 0 Å². The molecule has 3 rings (SSSR count). The highest BCUT2D eigenvalue weighted by atomic mass is 31.2. The number of pyridine rings is 1. The third-order valence-corrected chi connectivity index (χ3v) is 8.51. The zero-order chi connectivity index (χ0) is 54.9. The molecule has 0 unspecified atom stereocenters. The number of nitrogens with zero attached hydrogens (tertiary/aromatic N) is 2. The minimum absolute atomic E-state index is 0.304. The van der Waals surface area contributed by atoms with E-state index in [0.29, 0.717) is 22.4 Å². The van der Waals surface area contributed by atoms with Crippen molar-refractivity contribution in [3.05, 3.63) is 90.1 Å². The normalized spacial score (nSPS) is 19.1. The van der Waals surface area contributed by atoms with E-state index in [0.717, 1.165) is 5.01 Å². The predicted molar refractivity (Wildman–Crippen MR) is 211 cm³/mol. The van der Waals surface area contributed by atoms with Crippen molar-refractivity contribution in [2.75, 3.05) is 27.4 Å². The van der Waals surface area contributed by atoms with E-state index in [4.69, 9.17) is 25.3 Å². The number of amides is 4. The van der Waals surface area contributed by atoms with Crippen molar-refractivity contribution >= 4 is 31.8 Å². The molecular formula is C39H55N6O11P. The number of rotatable bonds is 18. The van der Waals surface area contributed by atoms with Gasteiger partial charge in [0.05, 0.1) is 40.1 Å². The fourth-order valence-electron chi connectivity index (χ4n) is 5.35. The van der Waals surface area contributed by atoms with Crippen molar-refractivity contribution < 1.29 is 72.8 Å². The summed E-state index contributed by atoms with van der Waals surface area (Å²) in [5, 5.41) is 7.16. The van der Waals surface area contributed by atoms with Crippen LogP contribution in [0.25, 0.3) is 11.3 Å². The molecule has 312 valence electrons. The van der Waals surface area contributed by atoms with Crippen LogP contribution in [0.15, 0.2) is 79.0 Å². The molecule has 0 aliphatic carbocycles. The van der Waals surface area contributed by atoms with Gasteiger partial charge in [-0.1, -0.05) is 102 Å². The zero-order valence-corrected chi connectivity index (χ0v) is 31.9. The maximum Gasteiger partial charge on any atom is 0.471 e. The Labute approximate surface area is 354 Å². The van der Waals surface area contributed by atoms with E-state index < -0.39 is 121 Å². The highest BCUT2D eigenvalue weighted by Gasteiger charge is 2.38. The van der Waals surface area contributed by atoms with Crippen LogP contribution < -0.4 is 21.4 Å². The standard InChI is InChI=1S/C39H55N6O11P/c1-38(2,3)32(42-36(48)53-7)34(46)41-30(22-26-14-10-9-11-15-26)31(55-25-56-57(50,51)52)24-45(44-35(47)33(39(4,5)6)43-37(49)54-8)23-27-17-19-28(20-18-27)29-16-12-13-21-40-29/h9-21,30-33H,22-25H2,1-8H3,(H,41,46)(H,42,48)(H,43,49)(H,44,47)(H2,50,51,52)/t30-,31-,32+,33+/m0/s1/i1D3,2D3,3D3,7D3,8D3. The lowest BCUT2D eigenvalue weighted by Gasteiger charge is -2.37. The molecule has 0 radical (unpaired) electrons. The van der Waals surface area contributed by atoms with E-state index in [2.05, 4.69) is 35.0 Å². The Morgan fingerprint density at radius 2 is 1.42 bits per heavy atom. The number of nitrogens with one attached hydrogen (secondary N) is 4. The van der Waals surface area contributed by atoms with Gasteiger partial charge >= 0.3 is 20.0 Å². The summed E-state index contributed by atoms with van der Waals surface area (Å²) in [7, 11) is -12.2. The highest BCUT2D eigenvalue weighted by Crippen LogP contribution is 2.35. The number of carbonyl (C=O) groups is 4. The van der Waals surface area contributed by atoms with E-state index in [-0.39, 0.29) is 6.54 Å². The molecule has 18 heteroatoms. The second-order valence-electron chi connectivity index (χ2n) is 13.6. The fraction of sp³-hybridized carbons (Fsp3) is 0.462. The van der Waals surface area contributed by atoms with Crippen LogP contribution in [0.2, 0.25) is 0 Å². The van der Waals surface area contributed by atoms with Crippen LogP contribution in [0, 0.1) is 10.8 Å². The van der Waals surface area contributed by atoms with Gasteiger partial charge in [-0.3, -0.25) is 24.5 Å². The monoisotopic (exact) mass is 829 g/mol. The minimum atomic E-state index is -5.36. The van der Waals surface area contributed by atoms with E-state index in [1.165, 1.54) is 45.0 Å². The molecule has 6 N–H and O–H groups in total. The molecule has 17 nitrogen and oxygen atoms in total. The molecule has 0 bridgehead atoms. The van der Waals surface area contributed by atoms with Gasteiger partial charge in [0.15, 0.2) is 6.79 Å². The molecule has 57 heavy (non-hydrogen) atoms. The van der Waals surface area contributed by atoms with E-state index in [9.17, 15) is 33.5 Å². The number of hydrogen-bond donors (Lipinski definition) is 6. The van der Waals surface area contributed by atoms with E-state index >= 15 is 0 Å². The molecule has 1 aromatic heterocycles. The van der Waals surface area contributed by atoms with Crippen LogP contribution in [-0.2, 0) is 45.9 Å². The molecule has 0 saturated carbocycles. The number of carbonyl (C=O) groups excluding carboxylic acids is 4. The summed E-state index contributed by atoms with van der Waals surface area (Å²) in [4.78, 5) is 78.5. The van der Waals surface area contributed by atoms with Gasteiger partial charge in [0.2, 0.25) is 5.91 Å². The Hall–Kier alpha value is -4.90. The van der Waals surface area contributed by atoms with Crippen LogP contribution in [-0.4, -0.2) is 95.4 Å². The summed E-state index contributed by atoms with van der Waals surface area (Å²) in [5.41, 5.74) is -0.906. The molecular weight excluding hydrogens is 759 g/mol. The van der Waals surface area contributed by atoms with Gasteiger partial charge in [0, 0.05) is 37.2 Å². The van der Waals surface area contributed by atoms with Crippen LogP contribution in [0.5, 0.6) is 0 Å². The lowest BCUT2D eigenvalue weighted by Crippen LogP contribution is -2.61. The summed E-state index contributed by atoms with van der Waals surface area (Å²) in [6, 6.07) is 12.8. The lowest BCUT2D eigenvalue weighted by atomic mass is 9.85. The molecule has 4 atom stereocenters. The van der Waals surface area contributed by atoms with Gasteiger partial charge < -0.3 is 39.9 Å². The summed E-state index contributed by atoms with van der Waals surface area (Å²) in [6.07, 6.45) is -4.36. The third-order valence-electron chi connectivity index (χ3n) is 8.07. The SMILES string of the molecule is [2H]C([2H])([2H])OC(=O)N[C@H](C(=O)NN(Cc1ccc(-c2ccccn2)cc1)C[C@H](OCOP(=O)(O)O)[C@H](Cc1ccccc1)NC(=O)[C@@H](NC(=O)OC([2H])([2H])[2H])C(C([2H])([2H])[2H])(C([2H])([2H])[2H])C([2H])([2H])[2H])C(C)(C)C. The Kier molecular flexibility index (Phi) is 10.5. The lowest BCUT2D eigenvalue weighted by molar-refractivity contribution is -0.135. The summed E-state index contributed by atoms with van der Waals surface area (Å²) >= 11 is 0. The fourth-order valence-corrected chi connectivity index (χ4v) is 5.55. The average Bonchev–Trinajstić information content (AvgIpc) is 3.19. The van der Waals surface area contributed by atoms with Crippen LogP contribution in [0.4, 0.5) is 9.59 Å². The molecule has 2 aromatic carbocycles. The van der Waals surface area contributed by atoms with Gasteiger partial charge in [-0.05, 0) is 40.5 Å². The van der Waals surface area contributed by atoms with Crippen LogP contribution in [0.1, 0.15) is 73.0 Å². The molecule has 0 aliphatic rings. The first-order valence-electron chi connectivity index (χ1n) is 24.4. The number of phosphoric acid groups is 1. The number of methoxy groups -OCH3 is 2. The topological polar surface area (TPSA) is 227 Å². The molecule has 0 saturated heterocycles. The molecule has 4 amide bonds. The third kappa shape index (κ3) is 15.9. The maximum atomic E-state index is 14.8. The second-order valence-corrected chi connectivity index (χ2v) is 14.9. The van der Waals surface area contributed by atoms with Crippen molar-refractivity contribution in [1.82, 2.24) is 31.4 Å². The summed E-state index contributed by atoms with van der Waals surface area (Å²) in [5.74, 6) is -2.92. The van der Waals surface area contributed by atoms with Crippen LogP contribution in [0.3, 0.4) is 0 Å². The largest absolute Gasteiger partial charge is 0.471 e. The first-order chi connectivity index (χ1) is 32.7. The number of benzene rings is 2. The molecule has 1 heterocycles. The minimum Gasteiger partial charge on any atom is -0.453 e. The Morgan fingerprint density at radius 1 is 0.807 bits per heavy atom. The summed E-state index contributed by atoms with van der Waals surface area (Å²) in [6.45, 7) is -10.5. The molecule has 0 spiro atoms. The van der Waals surface area contributed by atoms with Gasteiger partial charge in [0.25, 0.3) is 5.91 Å². The van der Waals surface area contributed by atoms with Gasteiger partial charge in [-0.2, -0.15) is 0 Å². The van der Waals surface area contributed by atoms with Crippen molar-refractivity contribution in [2.24, 2.45) is 10.8 Å². The Bertz CT molecular complexity index is 2290. The predicted octanol–water partition coefficient (Wildman–Crippen LogP) is 4.30. The average molecular weight is 830 g/mol. The smallest absolute Gasteiger partial charge is 0.453 e.